The minimum atomic E-state index is -0.601. The average Bonchev–Trinajstić information content (AvgIpc) is 1.97. The smallest absolute Gasteiger partial charge is 0.343 e. The number of ether oxygens (including phenoxy) is 11. The Labute approximate surface area is 518 Å². The van der Waals surface area contributed by atoms with Crippen LogP contribution in [0.1, 0.15) is 82.4 Å². The zero-order valence-corrected chi connectivity index (χ0v) is 49.6. The lowest BCUT2D eigenvalue weighted by atomic mass is 10.2. The molecule has 2 heterocycles. The molecule has 0 fully saturated rings. The monoisotopic (exact) mass is 1220 g/mol. The fraction of sp³-hybridized carbons (Fsp3) is 0.229. The molecule has 0 amide bonds. The Hall–Kier alpha value is -10.4. The molecule has 0 N–H and O–H groups in total. The number of para-hydroxylation sites is 1. The summed E-state index contributed by atoms with van der Waals surface area (Å²) in [5, 5.41) is 1.59. The third-order valence-corrected chi connectivity index (χ3v) is 14.4. The van der Waals surface area contributed by atoms with Crippen LogP contribution in [0.5, 0.6) is 51.7 Å². The van der Waals surface area contributed by atoms with E-state index in [0.29, 0.717) is 99.8 Å². The molecule has 0 saturated heterocycles. The van der Waals surface area contributed by atoms with E-state index in [-0.39, 0.29) is 37.7 Å². The molecule has 458 valence electrons. The first-order valence-corrected chi connectivity index (χ1v) is 29.8. The molecule has 2 aromatic heterocycles. The number of fused-ring (bicyclic) bond motifs is 2. The summed E-state index contributed by atoms with van der Waals surface area (Å²) < 4.78 is 69.7. The Morgan fingerprint density at radius 1 is 0.404 bits per heavy atom. The minimum Gasteiger partial charge on any atom is -0.494 e. The lowest BCUT2D eigenvalue weighted by Crippen LogP contribution is -2.11. The molecule has 19 heteroatoms. The van der Waals surface area contributed by atoms with Gasteiger partial charge in [-0.1, -0.05) is 31.4 Å². The van der Waals surface area contributed by atoms with Gasteiger partial charge in [-0.15, -0.1) is 11.3 Å². The highest BCUT2D eigenvalue weighted by molar-refractivity contribution is 7.22. The van der Waals surface area contributed by atoms with Gasteiger partial charge in [0.2, 0.25) is 0 Å². The topological polar surface area (TPSA) is 213 Å². The molecular formula is C70H65NO17S. The number of hydrogen-bond donors (Lipinski definition) is 0. The summed E-state index contributed by atoms with van der Waals surface area (Å²) >= 11 is 1.41. The minimum absolute atomic E-state index is 0.176. The van der Waals surface area contributed by atoms with E-state index in [1.54, 1.807) is 103 Å². The van der Waals surface area contributed by atoms with Gasteiger partial charge in [-0.25, -0.2) is 29.0 Å². The number of unbranched alkanes of at least 4 members (excludes halogenated alkanes) is 6. The average molecular weight is 1220 g/mol. The predicted octanol–water partition coefficient (Wildman–Crippen LogP) is 14.6. The Kier molecular flexibility index (Phi) is 23.3. The highest BCUT2D eigenvalue weighted by Gasteiger charge is 2.20. The SMILES string of the molecule is C=CC(=O)OCCCCCCOc1ccc(C(=O)Oc2ccc(OCCOc3ccc(OCCOc4ccc(OC(=O)c5ccc(OC(=O)c6ccc(OCCCCCCOC(=O)C=C)cc6)cc5)cc4)c4nc(-c5cc6ccccc6o5)sc34)cc2)cc1. The van der Waals surface area contributed by atoms with Crippen molar-refractivity contribution in [2.24, 2.45) is 0 Å². The predicted molar refractivity (Wildman–Crippen MR) is 334 cm³/mol. The lowest BCUT2D eigenvalue weighted by Gasteiger charge is -2.12. The zero-order valence-electron chi connectivity index (χ0n) is 48.8. The largest absolute Gasteiger partial charge is 0.494 e. The number of carbonyl (C=O) groups excluding carboxylic acids is 5. The third-order valence-electron chi connectivity index (χ3n) is 13.3. The Morgan fingerprint density at radius 2 is 0.775 bits per heavy atom. The molecule has 0 aliphatic rings. The van der Waals surface area contributed by atoms with Crippen molar-refractivity contribution >= 4 is 62.4 Å². The van der Waals surface area contributed by atoms with E-state index in [0.717, 1.165) is 79.2 Å². The van der Waals surface area contributed by atoms with Crippen molar-refractivity contribution < 1.29 is 80.5 Å². The van der Waals surface area contributed by atoms with E-state index < -0.39 is 29.8 Å². The maximum atomic E-state index is 13.0. The van der Waals surface area contributed by atoms with Crippen molar-refractivity contribution in [3.63, 3.8) is 0 Å². The van der Waals surface area contributed by atoms with Crippen molar-refractivity contribution in [2.75, 3.05) is 52.9 Å². The summed E-state index contributed by atoms with van der Waals surface area (Å²) in [6.07, 6.45) is 9.21. The number of rotatable bonds is 35. The van der Waals surface area contributed by atoms with Gasteiger partial charge >= 0.3 is 29.8 Å². The van der Waals surface area contributed by atoms with Crippen LogP contribution >= 0.6 is 11.3 Å². The number of esters is 5. The first-order chi connectivity index (χ1) is 43.6. The summed E-state index contributed by atoms with van der Waals surface area (Å²) in [4.78, 5) is 66.0. The summed E-state index contributed by atoms with van der Waals surface area (Å²) in [6, 6.07) is 46.1. The number of hydrogen-bond acceptors (Lipinski definition) is 19. The number of nitrogens with zero attached hydrogens (tertiary/aromatic N) is 1. The second-order valence-corrected chi connectivity index (χ2v) is 20.8. The first kappa shape index (κ1) is 63.1. The molecule has 18 nitrogen and oxygen atoms in total. The van der Waals surface area contributed by atoms with Gasteiger partial charge in [0.25, 0.3) is 0 Å². The first-order valence-electron chi connectivity index (χ1n) is 29.0. The van der Waals surface area contributed by atoms with Crippen molar-refractivity contribution in [2.45, 2.75) is 51.4 Å². The van der Waals surface area contributed by atoms with E-state index in [4.69, 9.17) is 61.5 Å². The van der Waals surface area contributed by atoms with Crippen LogP contribution in [0.4, 0.5) is 0 Å². The number of aromatic nitrogens is 1. The Bertz CT molecular complexity index is 3770. The molecule has 0 unspecified atom stereocenters. The van der Waals surface area contributed by atoms with Crippen LogP contribution in [0.3, 0.4) is 0 Å². The van der Waals surface area contributed by atoms with Crippen molar-refractivity contribution in [1.29, 1.82) is 0 Å². The van der Waals surface area contributed by atoms with Crippen molar-refractivity contribution in [1.82, 2.24) is 4.98 Å². The van der Waals surface area contributed by atoms with Crippen LogP contribution in [-0.4, -0.2) is 87.7 Å². The van der Waals surface area contributed by atoms with Crippen LogP contribution in [0.25, 0.3) is 32.0 Å². The van der Waals surface area contributed by atoms with Crippen molar-refractivity contribution in [3.8, 4) is 62.5 Å². The molecule has 0 bridgehead atoms. The van der Waals surface area contributed by atoms with E-state index >= 15 is 0 Å². The summed E-state index contributed by atoms with van der Waals surface area (Å²) in [6.45, 7) is 9.32. The van der Waals surface area contributed by atoms with Gasteiger partial charge in [-0.3, -0.25) is 0 Å². The van der Waals surface area contributed by atoms with Gasteiger partial charge in [-0.2, -0.15) is 0 Å². The normalized spacial score (nSPS) is 10.8. The molecule has 0 spiro atoms. The number of thiazole rings is 1. The van der Waals surface area contributed by atoms with Crippen LogP contribution in [0.15, 0.2) is 194 Å². The maximum absolute atomic E-state index is 13.0. The second kappa shape index (κ2) is 32.9. The molecule has 0 radical (unpaired) electrons. The van der Waals surface area contributed by atoms with E-state index in [1.165, 1.54) is 35.6 Å². The molecule has 0 saturated carbocycles. The second-order valence-electron chi connectivity index (χ2n) is 19.8. The highest BCUT2D eigenvalue weighted by Crippen LogP contribution is 2.42. The molecule has 7 aromatic carbocycles. The van der Waals surface area contributed by atoms with Gasteiger partial charge in [0, 0.05) is 17.5 Å². The lowest BCUT2D eigenvalue weighted by molar-refractivity contribution is -0.138. The van der Waals surface area contributed by atoms with E-state index in [9.17, 15) is 24.0 Å². The summed E-state index contributed by atoms with van der Waals surface area (Å²) in [5.74, 6) is 2.47. The third kappa shape index (κ3) is 19.3. The molecule has 9 aromatic rings. The Morgan fingerprint density at radius 3 is 1.22 bits per heavy atom. The standard InChI is InChI=1S/C70H65NO17S/c1-3-63(72)83-41-13-7-5-11-39-77-52-23-17-48(18-24-52)68(74)85-56-27-21-50(22-28-56)70(76)87-58-33-29-54(30-34-58)79-43-45-81-60-37-38-61(66-65(60)71-67(89-66)62-47-51-15-9-10-16-59(51)88-62)82-46-44-80-55-31-35-57(36-32-55)86-69(75)49-19-25-53(26-20-49)78-40-12-6-8-14-42-84-64(73)4-2/h3-4,9-10,15-38,47H,1-2,5-8,11-14,39-46H2. The number of furan rings is 1. The fourth-order valence-electron chi connectivity index (χ4n) is 8.70. The fourth-order valence-corrected chi connectivity index (χ4v) is 9.71. The molecule has 0 atom stereocenters. The maximum Gasteiger partial charge on any atom is 0.343 e. The molecule has 89 heavy (non-hydrogen) atoms. The molecule has 9 rings (SSSR count). The zero-order chi connectivity index (χ0) is 62.0. The number of benzene rings is 7. The van der Waals surface area contributed by atoms with Crippen LogP contribution < -0.4 is 42.6 Å². The van der Waals surface area contributed by atoms with Gasteiger partial charge < -0.3 is 56.5 Å². The van der Waals surface area contributed by atoms with E-state index in [2.05, 4.69) is 13.2 Å². The van der Waals surface area contributed by atoms with Crippen LogP contribution in [0.2, 0.25) is 0 Å². The summed E-state index contributed by atoms with van der Waals surface area (Å²) in [5.41, 5.74) is 2.29. The van der Waals surface area contributed by atoms with Gasteiger partial charge in [0.15, 0.2) is 10.8 Å². The molecular weight excluding hydrogens is 1160 g/mol. The quantitative estimate of drug-likeness (QED) is 0.0156. The van der Waals surface area contributed by atoms with Crippen LogP contribution in [0, 0.1) is 0 Å². The number of carbonyl (C=O) groups is 5. The summed E-state index contributed by atoms with van der Waals surface area (Å²) in [7, 11) is 0. The highest BCUT2D eigenvalue weighted by atomic mass is 32.1. The van der Waals surface area contributed by atoms with Crippen LogP contribution in [-0.2, 0) is 19.1 Å². The Balaban J connectivity index is 0.697. The van der Waals surface area contributed by atoms with Gasteiger partial charge in [0.05, 0.1) is 43.1 Å². The van der Waals surface area contributed by atoms with Gasteiger partial charge in [-0.05, 0) is 197 Å². The van der Waals surface area contributed by atoms with Gasteiger partial charge in [0.1, 0.15) is 94.0 Å². The van der Waals surface area contributed by atoms with E-state index in [1.807, 2.05) is 36.4 Å². The van der Waals surface area contributed by atoms with Crippen molar-refractivity contribution in [3.05, 3.63) is 206 Å². The molecule has 0 aliphatic heterocycles. The molecule has 0 aliphatic carbocycles.